The Kier molecular flexibility index (Phi) is 9.10. The van der Waals surface area contributed by atoms with E-state index in [0.29, 0.717) is 41.2 Å². The van der Waals surface area contributed by atoms with Crippen molar-refractivity contribution in [3.8, 4) is 0 Å². The summed E-state index contributed by atoms with van der Waals surface area (Å²) in [7, 11) is 0. The number of rotatable bonds is 11. The van der Waals surface area contributed by atoms with Crippen LogP contribution in [0.2, 0.25) is 0 Å². The number of fused-ring (bicyclic) bond motifs is 1. The van der Waals surface area contributed by atoms with Crippen molar-refractivity contribution in [3.05, 3.63) is 58.2 Å². The van der Waals surface area contributed by atoms with Gasteiger partial charge in [0.1, 0.15) is 17.4 Å². The number of aryl methyl sites for hydroxylation is 1. The van der Waals surface area contributed by atoms with E-state index >= 15 is 0 Å². The van der Waals surface area contributed by atoms with Crippen LogP contribution in [0.5, 0.6) is 0 Å². The smallest absolute Gasteiger partial charge is 0.407 e. The Morgan fingerprint density at radius 1 is 1.19 bits per heavy atom. The Hall–Kier alpha value is -3.82. The third-order valence-electron chi connectivity index (χ3n) is 5.17. The summed E-state index contributed by atoms with van der Waals surface area (Å²) in [5.41, 5.74) is 0.764. The quantitative estimate of drug-likeness (QED) is 0.268. The second-order valence-corrected chi connectivity index (χ2v) is 9.67. The van der Waals surface area contributed by atoms with Crippen molar-refractivity contribution in [1.29, 1.82) is 0 Å². The van der Waals surface area contributed by atoms with Crippen molar-refractivity contribution in [2.75, 3.05) is 25.1 Å². The van der Waals surface area contributed by atoms with Crippen molar-refractivity contribution >= 4 is 29.0 Å². The zero-order chi connectivity index (χ0) is 26.1. The number of esters is 1. The van der Waals surface area contributed by atoms with Crippen LogP contribution in [0.15, 0.2) is 45.9 Å². The summed E-state index contributed by atoms with van der Waals surface area (Å²) < 4.78 is 16.3. The zero-order valence-corrected chi connectivity index (χ0v) is 21.2. The molecule has 0 unspecified atom stereocenters. The lowest BCUT2D eigenvalue weighted by Gasteiger charge is -2.21. The maximum absolute atomic E-state index is 12.8. The van der Waals surface area contributed by atoms with Gasteiger partial charge in [-0.2, -0.15) is 0 Å². The van der Waals surface area contributed by atoms with Gasteiger partial charge in [-0.1, -0.05) is 26.8 Å². The number of hydrogen-bond acceptors (Lipinski definition) is 8. The fourth-order valence-corrected chi connectivity index (χ4v) is 3.47. The molecule has 1 aromatic carbocycles. The molecule has 0 saturated carbocycles. The van der Waals surface area contributed by atoms with Crippen LogP contribution in [0.4, 0.5) is 10.7 Å². The van der Waals surface area contributed by atoms with E-state index in [0.717, 1.165) is 6.42 Å². The van der Waals surface area contributed by atoms with Crippen LogP contribution in [0.1, 0.15) is 45.4 Å². The van der Waals surface area contributed by atoms with Gasteiger partial charge in [-0.25, -0.2) is 14.6 Å². The van der Waals surface area contributed by atoms with Gasteiger partial charge in [-0.3, -0.25) is 4.79 Å². The first kappa shape index (κ1) is 26.8. The van der Waals surface area contributed by atoms with E-state index in [4.69, 9.17) is 13.9 Å². The van der Waals surface area contributed by atoms with Crippen molar-refractivity contribution in [3.63, 3.8) is 0 Å². The summed E-state index contributed by atoms with van der Waals surface area (Å²) in [6, 6.07) is 5.68. The summed E-state index contributed by atoms with van der Waals surface area (Å²) in [4.78, 5) is 44.6. The van der Waals surface area contributed by atoms with E-state index in [2.05, 4.69) is 20.6 Å². The number of H-pyrrole nitrogens is 1. The van der Waals surface area contributed by atoms with Gasteiger partial charge in [0, 0.05) is 37.8 Å². The third-order valence-corrected chi connectivity index (χ3v) is 5.17. The Balaban J connectivity index is 1.67. The van der Waals surface area contributed by atoms with Gasteiger partial charge in [-0.05, 0) is 36.5 Å². The minimum Gasteiger partial charge on any atom is -0.464 e. The molecule has 0 aliphatic heterocycles. The number of aromatic amines is 1. The number of alkyl carbamates (subject to hydrolysis) is 1. The Labute approximate surface area is 209 Å². The molecule has 10 nitrogen and oxygen atoms in total. The molecule has 0 bridgehead atoms. The molecule has 0 fully saturated rings. The molecule has 194 valence electrons. The lowest BCUT2D eigenvalue weighted by molar-refractivity contribution is -0.145. The first-order valence-corrected chi connectivity index (χ1v) is 12.0. The minimum atomic E-state index is -0.956. The molecule has 0 aliphatic carbocycles. The second-order valence-electron chi connectivity index (χ2n) is 9.67. The lowest BCUT2D eigenvalue weighted by atomic mass is 9.99. The summed E-state index contributed by atoms with van der Waals surface area (Å²) in [6.07, 6.45) is 4.19. The molecule has 3 rings (SSSR count). The zero-order valence-electron chi connectivity index (χ0n) is 21.2. The Morgan fingerprint density at radius 2 is 2.00 bits per heavy atom. The molecule has 2 heterocycles. The number of ether oxygens (including phenoxy) is 2. The highest BCUT2D eigenvalue weighted by Gasteiger charge is 2.24. The van der Waals surface area contributed by atoms with Gasteiger partial charge in [0.2, 0.25) is 0 Å². The molecule has 2 aromatic heterocycles. The van der Waals surface area contributed by atoms with E-state index in [9.17, 15) is 14.4 Å². The fourth-order valence-electron chi connectivity index (χ4n) is 3.47. The van der Waals surface area contributed by atoms with Crippen LogP contribution in [0.25, 0.3) is 11.0 Å². The van der Waals surface area contributed by atoms with E-state index < -0.39 is 18.1 Å². The van der Waals surface area contributed by atoms with E-state index in [1.165, 1.54) is 6.07 Å². The number of imidazole rings is 1. The maximum Gasteiger partial charge on any atom is 0.407 e. The number of benzene rings is 1. The highest BCUT2D eigenvalue weighted by atomic mass is 16.6. The summed E-state index contributed by atoms with van der Waals surface area (Å²) >= 11 is 0. The highest BCUT2D eigenvalue weighted by molar-refractivity contribution is 5.82. The number of amides is 1. The van der Waals surface area contributed by atoms with Gasteiger partial charge >= 0.3 is 12.1 Å². The second kappa shape index (κ2) is 12.2. The first-order chi connectivity index (χ1) is 17.1. The number of nitrogens with zero attached hydrogens (tertiary/aromatic N) is 1. The predicted octanol–water partition coefficient (Wildman–Crippen LogP) is 3.81. The van der Waals surface area contributed by atoms with Crippen molar-refractivity contribution in [2.45, 2.75) is 53.0 Å². The number of hydrogen-bond donors (Lipinski definition) is 3. The van der Waals surface area contributed by atoms with E-state index in [1.54, 1.807) is 37.5 Å². The molecule has 36 heavy (non-hydrogen) atoms. The molecular weight excluding hydrogens is 464 g/mol. The number of carbonyl (C=O) groups excluding carboxylic acids is 2. The standard InChI is InChI=1S/C26H34N4O6/c1-5-34-23(32)20(30-25(33)35-16-26(2,3)4)14-17-8-9-22-19(13-17)21(31)15-18(36-22)7-6-10-27-24-28-11-12-29-24/h8-9,11-13,15,20H,5-7,10,14,16H2,1-4H3,(H,30,33)(H2,27,28,29)/t20-/m0/s1. The fraction of sp³-hybridized carbons (Fsp3) is 0.462. The molecular formula is C26H34N4O6. The Morgan fingerprint density at radius 3 is 2.69 bits per heavy atom. The Bertz CT molecular complexity index is 1210. The minimum absolute atomic E-state index is 0.138. The lowest BCUT2D eigenvalue weighted by Crippen LogP contribution is -2.44. The average Bonchev–Trinajstić information content (AvgIpc) is 3.34. The molecule has 3 N–H and O–H groups in total. The van der Waals surface area contributed by atoms with Crippen molar-refractivity contribution in [1.82, 2.24) is 15.3 Å². The maximum atomic E-state index is 12.8. The molecule has 10 heteroatoms. The monoisotopic (exact) mass is 498 g/mol. The number of aromatic nitrogens is 2. The average molecular weight is 499 g/mol. The molecule has 1 amide bonds. The number of nitrogens with one attached hydrogen (secondary N) is 3. The molecule has 0 saturated heterocycles. The molecule has 0 aliphatic rings. The van der Waals surface area contributed by atoms with Crippen LogP contribution >= 0.6 is 0 Å². The van der Waals surface area contributed by atoms with E-state index in [1.807, 2.05) is 20.8 Å². The van der Waals surface area contributed by atoms with Gasteiger partial charge in [0.05, 0.1) is 18.6 Å². The van der Waals surface area contributed by atoms with Gasteiger partial charge in [0.25, 0.3) is 0 Å². The summed E-state index contributed by atoms with van der Waals surface area (Å²) in [5, 5.41) is 6.14. The SMILES string of the molecule is CCOC(=O)[C@H](Cc1ccc2oc(CCCNc3ncc[nH]3)cc(=O)c2c1)NC(=O)OCC(C)(C)C. The van der Waals surface area contributed by atoms with Crippen LogP contribution in [0, 0.1) is 5.41 Å². The summed E-state index contributed by atoms with van der Waals surface area (Å²) in [5.74, 6) is 0.713. The topological polar surface area (TPSA) is 136 Å². The molecule has 0 radical (unpaired) electrons. The molecule has 0 spiro atoms. The van der Waals surface area contributed by atoms with Gasteiger partial charge in [-0.15, -0.1) is 0 Å². The van der Waals surface area contributed by atoms with E-state index in [-0.39, 0.29) is 30.5 Å². The summed E-state index contributed by atoms with van der Waals surface area (Å²) in [6.45, 7) is 8.56. The van der Waals surface area contributed by atoms with Crippen molar-refractivity contribution in [2.24, 2.45) is 5.41 Å². The third kappa shape index (κ3) is 8.14. The normalized spacial score (nSPS) is 12.2. The molecule has 3 aromatic rings. The number of carbonyl (C=O) groups is 2. The van der Waals surface area contributed by atoms with Crippen LogP contribution in [-0.4, -0.2) is 47.8 Å². The number of anilines is 1. The largest absolute Gasteiger partial charge is 0.464 e. The van der Waals surface area contributed by atoms with Crippen LogP contribution in [-0.2, 0) is 27.1 Å². The van der Waals surface area contributed by atoms with Crippen molar-refractivity contribution < 1.29 is 23.5 Å². The molecule has 1 atom stereocenters. The van der Waals surface area contributed by atoms with Crippen LogP contribution in [0.3, 0.4) is 0 Å². The first-order valence-electron chi connectivity index (χ1n) is 12.0. The highest BCUT2D eigenvalue weighted by Crippen LogP contribution is 2.18. The predicted molar refractivity (Wildman–Crippen MR) is 136 cm³/mol. The van der Waals surface area contributed by atoms with Crippen LogP contribution < -0.4 is 16.1 Å². The van der Waals surface area contributed by atoms with Gasteiger partial charge in [0.15, 0.2) is 11.4 Å². The van der Waals surface area contributed by atoms with Gasteiger partial charge < -0.3 is 29.5 Å².